The summed E-state index contributed by atoms with van der Waals surface area (Å²) >= 11 is 3.42. The van der Waals surface area contributed by atoms with Gasteiger partial charge >= 0.3 is 5.97 Å². The van der Waals surface area contributed by atoms with E-state index in [1.807, 2.05) is 31.2 Å². The lowest BCUT2D eigenvalue weighted by Gasteiger charge is -2.12. The predicted octanol–water partition coefficient (Wildman–Crippen LogP) is 5.16. The summed E-state index contributed by atoms with van der Waals surface area (Å²) in [6, 6.07) is 17.8. The number of aryl methyl sites for hydroxylation is 1. The van der Waals surface area contributed by atoms with Crippen molar-refractivity contribution in [3.63, 3.8) is 0 Å². The van der Waals surface area contributed by atoms with E-state index >= 15 is 0 Å². The first-order valence-corrected chi connectivity index (χ1v) is 8.09. The molecular weight excluding hydrogens is 370 g/mol. The summed E-state index contributed by atoms with van der Waals surface area (Å²) in [5.74, 6) is 0.688. The molecule has 2 aromatic carbocycles. The van der Waals surface area contributed by atoms with Gasteiger partial charge in [0.1, 0.15) is 0 Å². The SMILES string of the molecule is Cc1ccc(C(=O)Oc2cccc(Br)c2Oc2ccccn2)cc1. The standard InChI is InChI=1S/C19H14BrNO3/c1-13-8-10-14(11-9-13)19(22)23-16-6-4-5-15(20)18(16)24-17-7-2-3-12-21-17/h2-12H,1H3. The Morgan fingerprint density at radius 1 is 1.00 bits per heavy atom. The van der Waals surface area contributed by atoms with Crippen molar-refractivity contribution < 1.29 is 14.3 Å². The second kappa shape index (κ2) is 7.27. The summed E-state index contributed by atoms with van der Waals surface area (Å²) in [6.45, 7) is 1.96. The van der Waals surface area contributed by atoms with Gasteiger partial charge in [0.2, 0.25) is 5.88 Å². The van der Waals surface area contributed by atoms with Crippen LogP contribution in [0.4, 0.5) is 0 Å². The maximum absolute atomic E-state index is 12.3. The van der Waals surface area contributed by atoms with Gasteiger partial charge in [0, 0.05) is 12.3 Å². The molecule has 3 rings (SSSR count). The normalized spacial score (nSPS) is 10.2. The first-order chi connectivity index (χ1) is 11.6. The molecule has 0 saturated carbocycles. The van der Waals surface area contributed by atoms with Gasteiger partial charge in [0.25, 0.3) is 0 Å². The van der Waals surface area contributed by atoms with Crippen LogP contribution in [0.1, 0.15) is 15.9 Å². The Hall–Kier alpha value is -2.66. The topological polar surface area (TPSA) is 48.4 Å². The first-order valence-electron chi connectivity index (χ1n) is 7.30. The lowest BCUT2D eigenvalue weighted by Crippen LogP contribution is -2.09. The van der Waals surface area contributed by atoms with Gasteiger partial charge in [-0.25, -0.2) is 9.78 Å². The number of pyridine rings is 1. The number of esters is 1. The van der Waals surface area contributed by atoms with Gasteiger partial charge in [-0.1, -0.05) is 29.8 Å². The van der Waals surface area contributed by atoms with Crippen LogP contribution in [-0.4, -0.2) is 11.0 Å². The molecule has 0 aliphatic heterocycles. The lowest BCUT2D eigenvalue weighted by atomic mass is 10.1. The second-order valence-electron chi connectivity index (χ2n) is 5.09. The van der Waals surface area contributed by atoms with Crippen molar-refractivity contribution >= 4 is 21.9 Å². The Kier molecular flexibility index (Phi) is 4.91. The van der Waals surface area contributed by atoms with Crippen molar-refractivity contribution in [2.75, 3.05) is 0 Å². The van der Waals surface area contributed by atoms with Crippen LogP contribution in [0.15, 0.2) is 71.3 Å². The van der Waals surface area contributed by atoms with Crippen LogP contribution in [0.3, 0.4) is 0 Å². The van der Waals surface area contributed by atoms with Gasteiger partial charge in [-0.15, -0.1) is 0 Å². The van der Waals surface area contributed by atoms with E-state index in [1.165, 1.54) is 0 Å². The molecule has 1 heterocycles. The molecule has 0 aliphatic carbocycles. The number of rotatable bonds is 4. The highest BCUT2D eigenvalue weighted by atomic mass is 79.9. The van der Waals surface area contributed by atoms with Crippen molar-refractivity contribution in [3.05, 3.63) is 82.5 Å². The van der Waals surface area contributed by atoms with Gasteiger partial charge < -0.3 is 9.47 Å². The number of halogens is 1. The van der Waals surface area contributed by atoms with Crippen molar-refractivity contribution in [3.8, 4) is 17.4 Å². The molecule has 1 aromatic heterocycles. The van der Waals surface area contributed by atoms with E-state index in [2.05, 4.69) is 20.9 Å². The Balaban J connectivity index is 1.86. The van der Waals surface area contributed by atoms with E-state index in [0.717, 1.165) is 5.56 Å². The highest BCUT2D eigenvalue weighted by Crippen LogP contribution is 2.38. The number of aromatic nitrogens is 1. The molecule has 0 saturated heterocycles. The van der Waals surface area contributed by atoms with Crippen molar-refractivity contribution in [2.45, 2.75) is 6.92 Å². The predicted molar refractivity (Wildman–Crippen MR) is 94.6 cm³/mol. The molecule has 4 nitrogen and oxygen atoms in total. The van der Waals surface area contributed by atoms with Gasteiger partial charge in [-0.05, 0) is 53.2 Å². The number of hydrogen-bond acceptors (Lipinski definition) is 4. The zero-order valence-electron chi connectivity index (χ0n) is 12.9. The average Bonchev–Trinajstić information content (AvgIpc) is 2.59. The van der Waals surface area contributed by atoms with Crippen LogP contribution < -0.4 is 9.47 Å². The lowest BCUT2D eigenvalue weighted by molar-refractivity contribution is 0.0730. The Morgan fingerprint density at radius 2 is 1.79 bits per heavy atom. The monoisotopic (exact) mass is 383 g/mol. The Morgan fingerprint density at radius 3 is 2.50 bits per heavy atom. The third-order valence-corrected chi connectivity index (χ3v) is 3.89. The minimum Gasteiger partial charge on any atom is -0.434 e. The molecule has 120 valence electrons. The first kappa shape index (κ1) is 16.2. The molecule has 0 bridgehead atoms. The van der Waals surface area contributed by atoms with Gasteiger partial charge in [0.05, 0.1) is 10.0 Å². The average molecular weight is 384 g/mol. The second-order valence-corrected chi connectivity index (χ2v) is 5.95. The summed E-state index contributed by atoms with van der Waals surface area (Å²) in [5.41, 5.74) is 1.55. The van der Waals surface area contributed by atoms with Crippen LogP contribution >= 0.6 is 15.9 Å². The molecule has 3 aromatic rings. The number of carbonyl (C=O) groups is 1. The van der Waals surface area contributed by atoms with Crippen LogP contribution in [-0.2, 0) is 0 Å². The van der Waals surface area contributed by atoms with Crippen LogP contribution in [0, 0.1) is 6.92 Å². The van der Waals surface area contributed by atoms with Gasteiger partial charge in [-0.2, -0.15) is 0 Å². The fourth-order valence-electron chi connectivity index (χ4n) is 2.03. The van der Waals surface area contributed by atoms with Crippen molar-refractivity contribution in [1.29, 1.82) is 0 Å². The molecule has 24 heavy (non-hydrogen) atoms. The van der Waals surface area contributed by atoms with Crippen molar-refractivity contribution in [2.24, 2.45) is 0 Å². The van der Waals surface area contributed by atoms with E-state index in [1.54, 1.807) is 42.6 Å². The fourth-order valence-corrected chi connectivity index (χ4v) is 2.46. The summed E-state index contributed by atoms with van der Waals surface area (Å²) in [7, 11) is 0. The number of carbonyl (C=O) groups excluding carboxylic acids is 1. The fraction of sp³-hybridized carbons (Fsp3) is 0.0526. The molecule has 5 heteroatoms. The third kappa shape index (κ3) is 3.81. The molecular formula is C19H14BrNO3. The Bertz CT molecular complexity index is 848. The third-order valence-electron chi connectivity index (χ3n) is 3.27. The zero-order chi connectivity index (χ0) is 16.9. The minimum absolute atomic E-state index is 0.320. The number of hydrogen-bond donors (Lipinski definition) is 0. The van der Waals surface area contributed by atoms with E-state index in [-0.39, 0.29) is 0 Å². The van der Waals surface area contributed by atoms with E-state index in [0.29, 0.717) is 27.4 Å². The molecule has 0 radical (unpaired) electrons. The largest absolute Gasteiger partial charge is 0.434 e. The molecule has 0 N–H and O–H groups in total. The minimum atomic E-state index is -0.445. The van der Waals surface area contributed by atoms with E-state index in [4.69, 9.17) is 9.47 Å². The van der Waals surface area contributed by atoms with Crippen LogP contribution in [0.25, 0.3) is 0 Å². The maximum atomic E-state index is 12.3. The summed E-state index contributed by atoms with van der Waals surface area (Å²) in [4.78, 5) is 16.5. The quantitative estimate of drug-likeness (QED) is 0.460. The summed E-state index contributed by atoms with van der Waals surface area (Å²) in [6.07, 6.45) is 1.63. The number of ether oxygens (including phenoxy) is 2. The molecule has 0 unspecified atom stereocenters. The molecule has 0 atom stereocenters. The van der Waals surface area contributed by atoms with Crippen LogP contribution in [0.5, 0.6) is 17.4 Å². The van der Waals surface area contributed by atoms with Crippen LogP contribution in [0.2, 0.25) is 0 Å². The van der Waals surface area contributed by atoms with Crippen molar-refractivity contribution in [1.82, 2.24) is 4.98 Å². The smallest absolute Gasteiger partial charge is 0.343 e. The van der Waals surface area contributed by atoms with E-state index in [9.17, 15) is 4.79 Å². The highest BCUT2D eigenvalue weighted by molar-refractivity contribution is 9.10. The molecule has 0 aliphatic rings. The number of benzene rings is 2. The molecule has 0 amide bonds. The maximum Gasteiger partial charge on any atom is 0.343 e. The summed E-state index contributed by atoms with van der Waals surface area (Å²) in [5, 5.41) is 0. The number of para-hydroxylation sites is 1. The van der Waals surface area contributed by atoms with Gasteiger partial charge in [0.15, 0.2) is 11.5 Å². The van der Waals surface area contributed by atoms with Gasteiger partial charge in [-0.3, -0.25) is 0 Å². The summed E-state index contributed by atoms with van der Waals surface area (Å²) < 4.78 is 11.9. The highest BCUT2D eigenvalue weighted by Gasteiger charge is 2.16. The molecule has 0 spiro atoms. The zero-order valence-corrected chi connectivity index (χ0v) is 14.5. The molecule has 0 fully saturated rings. The van der Waals surface area contributed by atoms with E-state index < -0.39 is 5.97 Å². The Labute approximate surface area is 148 Å². The number of nitrogens with zero attached hydrogens (tertiary/aromatic N) is 1.